The van der Waals surface area contributed by atoms with Crippen LogP contribution in [0.2, 0.25) is 0 Å². The van der Waals surface area contributed by atoms with Gasteiger partial charge < -0.3 is 14.2 Å². The summed E-state index contributed by atoms with van der Waals surface area (Å²) in [4.78, 5) is 45.8. The van der Waals surface area contributed by atoms with Gasteiger partial charge in [-0.25, -0.2) is 0 Å². The lowest BCUT2D eigenvalue weighted by Crippen LogP contribution is -2.45. The summed E-state index contributed by atoms with van der Waals surface area (Å²) in [7, 11) is 0. The van der Waals surface area contributed by atoms with Gasteiger partial charge in [-0.1, -0.05) is 30.3 Å². The van der Waals surface area contributed by atoms with Crippen LogP contribution in [-0.2, 0) is 22.5 Å². The van der Waals surface area contributed by atoms with Crippen molar-refractivity contribution in [2.45, 2.75) is 46.6 Å². The standard InChI is InChI=1S/C29H33N3O4/c1-4-36-29(35)23-12-9-15-31(18-23)28(34)27-25(17-22-11-6-5-10-20(22)2)32(21(3)16-26(27)33)19-24-13-7-8-14-30-24/h5-8,10-11,13-14,16,23H,4,9,12,15,17-19H2,1-3H3/t23-/m0/s1. The molecule has 1 fully saturated rings. The number of piperidine rings is 1. The number of ether oxygens (including phenoxy) is 1. The van der Waals surface area contributed by atoms with Crippen LogP contribution in [0.15, 0.2) is 59.5 Å². The maximum Gasteiger partial charge on any atom is 0.310 e. The van der Waals surface area contributed by atoms with Crippen LogP contribution in [0.5, 0.6) is 0 Å². The minimum absolute atomic E-state index is 0.171. The van der Waals surface area contributed by atoms with Crippen molar-refractivity contribution in [3.05, 3.63) is 98.7 Å². The number of aromatic nitrogens is 2. The molecule has 0 saturated carbocycles. The van der Waals surface area contributed by atoms with Crippen molar-refractivity contribution in [2.75, 3.05) is 19.7 Å². The molecule has 1 aliphatic heterocycles. The smallest absolute Gasteiger partial charge is 0.310 e. The van der Waals surface area contributed by atoms with E-state index in [9.17, 15) is 14.4 Å². The molecule has 3 aromatic rings. The summed E-state index contributed by atoms with van der Waals surface area (Å²) in [6, 6.07) is 15.3. The zero-order valence-electron chi connectivity index (χ0n) is 21.2. The van der Waals surface area contributed by atoms with Crippen molar-refractivity contribution in [1.29, 1.82) is 0 Å². The number of carbonyl (C=O) groups excluding carboxylic acids is 2. The van der Waals surface area contributed by atoms with Crippen LogP contribution in [0, 0.1) is 19.8 Å². The lowest BCUT2D eigenvalue weighted by molar-refractivity contribution is -0.149. The second-order valence-electron chi connectivity index (χ2n) is 9.32. The van der Waals surface area contributed by atoms with Gasteiger partial charge in [0.1, 0.15) is 5.56 Å². The molecule has 0 unspecified atom stereocenters. The molecule has 0 radical (unpaired) electrons. The predicted octanol–water partition coefficient (Wildman–Crippen LogP) is 3.91. The number of likely N-dealkylation sites (tertiary alicyclic amines) is 1. The summed E-state index contributed by atoms with van der Waals surface area (Å²) in [5, 5.41) is 0. The molecule has 0 aliphatic carbocycles. The molecule has 3 heterocycles. The number of amides is 1. The Hall–Kier alpha value is -3.74. The fourth-order valence-corrected chi connectivity index (χ4v) is 4.88. The molecule has 7 nitrogen and oxygen atoms in total. The minimum atomic E-state index is -0.372. The van der Waals surface area contributed by atoms with Crippen LogP contribution >= 0.6 is 0 Å². The average Bonchev–Trinajstić information content (AvgIpc) is 2.88. The molecular weight excluding hydrogens is 454 g/mol. The maximum absolute atomic E-state index is 13.9. The number of benzene rings is 1. The fourth-order valence-electron chi connectivity index (χ4n) is 4.88. The topological polar surface area (TPSA) is 81.5 Å². The Balaban J connectivity index is 1.79. The third kappa shape index (κ3) is 5.56. The molecule has 7 heteroatoms. The predicted molar refractivity (Wildman–Crippen MR) is 138 cm³/mol. The Kier molecular flexibility index (Phi) is 7.98. The van der Waals surface area contributed by atoms with Gasteiger partial charge in [-0.2, -0.15) is 0 Å². The zero-order chi connectivity index (χ0) is 25.7. The van der Waals surface area contributed by atoms with Gasteiger partial charge in [-0.05, 0) is 56.9 Å². The van der Waals surface area contributed by atoms with E-state index in [1.54, 1.807) is 18.0 Å². The van der Waals surface area contributed by atoms with Gasteiger partial charge in [0.2, 0.25) is 0 Å². The number of rotatable bonds is 7. The van der Waals surface area contributed by atoms with Gasteiger partial charge in [0.15, 0.2) is 5.43 Å². The Bertz CT molecular complexity index is 1300. The Labute approximate surface area is 211 Å². The summed E-state index contributed by atoms with van der Waals surface area (Å²) in [6.45, 7) is 7.21. The van der Waals surface area contributed by atoms with Gasteiger partial charge >= 0.3 is 5.97 Å². The molecule has 36 heavy (non-hydrogen) atoms. The van der Waals surface area contributed by atoms with Crippen molar-refractivity contribution in [3.63, 3.8) is 0 Å². The third-order valence-electron chi connectivity index (χ3n) is 6.83. The van der Waals surface area contributed by atoms with E-state index >= 15 is 0 Å². The Morgan fingerprint density at radius 3 is 2.61 bits per heavy atom. The van der Waals surface area contributed by atoms with E-state index in [0.29, 0.717) is 44.7 Å². The normalized spacial score (nSPS) is 15.5. The van der Waals surface area contributed by atoms with E-state index in [0.717, 1.165) is 22.5 Å². The van der Waals surface area contributed by atoms with E-state index in [-0.39, 0.29) is 35.3 Å². The molecule has 1 aromatic carbocycles. The molecule has 0 N–H and O–H groups in total. The largest absolute Gasteiger partial charge is 0.466 e. The van der Waals surface area contributed by atoms with Crippen LogP contribution < -0.4 is 5.43 Å². The summed E-state index contributed by atoms with van der Waals surface area (Å²) >= 11 is 0. The molecule has 1 saturated heterocycles. The van der Waals surface area contributed by atoms with Crippen molar-refractivity contribution in [2.24, 2.45) is 5.92 Å². The molecule has 4 rings (SSSR count). The van der Waals surface area contributed by atoms with E-state index in [1.807, 2.05) is 60.9 Å². The van der Waals surface area contributed by atoms with Gasteiger partial charge in [-0.3, -0.25) is 19.4 Å². The third-order valence-corrected chi connectivity index (χ3v) is 6.83. The number of aryl methyl sites for hydroxylation is 2. The number of esters is 1. The van der Waals surface area contributed by atoms with Gasteiger partial charge in [0.25, 0.3) is 5.91 Å². The molecular formula is C29H33N3O4. The lowest BCUT2D eigenvalue weighted by atomic mass is 9.95. The molecule has 1 atom stereocenters. The monoisotopic (exact) mass is 487 g/mol. The first kappa shape index (κ1) is 25.4. The molecule has 188 valence electrons. The molecule has 0 bridgehead atoms. The quantitative estimate of drug-likeness (QED) is 0.472. The summed E-state index contributed by atoms with van der Waals surface area (Å²) in [6.07, 6.45) is 3.54. The number of hydrogen-bond donors (Lipinski definition) is 0. The highest BCUT2D eigenvalue weighted by molar-refractivity contribution is 5.96. The number of nitrogens with zero attached hydrogens (tertiary/aromatic N) is 3. The second-order valence-corrected chi connectivity index (χ2v) is 9.32. The second kappa shape index (κ2) is 11.3. The van der Waals surface area contributed by atoms with E-state index < -0.39 is 0 Å². The molecule has 0 spiro atoms. The average molecular weight is 488 g/mol. The highest BCUT2D eigenvalue weighted by Crippen LogP contribution is 2.23. The van der Waals surface area contributed by atoms with Crippen LogP contribution in [0.4, 0.5) is 0 Å². The first-order valence-corrected chi connectivity index (χ1v) is 12.5. The van der Waals surface area contributed by atoms with Crippen LogP contribution in [-0.4, -0.2) is 46.0 Å². The summed E-state index contributed by atoms with van der Waals surface area (Å²) < 4.78 is 7.23. The van der Waals surface area contributed by atoms with Gasteiger partial charge in [0, 0.05) is 43.2 Å². The Morgan fingerprint density at radius 1 is 1.11 bits per heavy atom. The van der Waals surface area contributed by atoms with Crippen LogP contribution in [0.1, 0.15) is 58.3 Å². The van der Waals surface area contributed by atoms with Crippen LogP contribution in [0.3, 0.4) is 0 Å². The van der Waals surface area contributed by atoms with E-state index in [1.165, 1.54) is 6.07 Å². The SMILES string of the molecule is CCOC(=O)[C@H]1CCCN(C(=O)c2c(Cc3ccccc3C)n(Cc3ccccn3)c(C)cc2=O)C1. The van der Waals surface area contributed by atoms with Gasteiger partial charge in [0.05, 0.1) is 24.8 Å². The highest BCUT2D eigenvalue weighted by Gasteiger charge is 2.32. The minimum Gasteiger partial charge on any atom is -0.466 e. The lowest BCUT2D eigenvalue weighted by Gasteiger charge is -2.32. The summed E-state index contributed by atoms with van der Waals surface area (Å²) in [5.41, 5.74) is 4.30. The van der Waals surface area contributed by atoms with Crippen molar-refractivity contribution in [3.8, 4) is 0 Å². The number of hydrogen-bond acceptors (Lipinski definition) is 5. The van der Waals surface area contributed by atoms with Crippen molar-refractivity contribution < 1.29 is 14.3 Å². The first-order valence-electron chi connectivity index (χ1n) is 12.5. The molecule has 1 amide bonds. The molecule has 2 aromatic heterocycles. The van der Waals surface area contributed by atoms with E-state index in [4.69, 9.17) is 4.74 Å². The van der Waals surface area contributed by atoms with Crippen LogP contribution in [0.25, 0.3) is 0 Å². The summed E-state index contributed by atoms with van der Waals surface area (Å²) in [5.74, 6) is -0.984. The fraction of sp³-hybridized carbons (Fsp3) is 0.379. The van der Waals surface area contributed by atoms with E-state index in [2.05, 4.69) is 4.98 Å². The van der Waals surface area contributed by atoms with Crippen molar-refractivity contribution in [1.82, 2.24) is 14.5 Å². The van der Waals surface area contributed by atoms with Gasteiger partial charge in [-0.15, -0.1) is 0 Å². The zero-order valence-corrected chi connectivity index (χ0v) is 21.2. The molecule has 1 aliphatic rings. The number of pyridine rings is 2. The Morgan fingerprint density at radius 2 is 1.89 bits per heavy atom. The maximum atomic E-state index is 13.9. The van der Waals surface area contributed by atoms with Crippen molar-refractivity contribution >= 4 is 11.9 Å². The number of carbonyl (C=O) groups is 2. The first-order chi connectivity index (χ1) is 17.4. The highest BCUT2D eigenvalue weighted by atomic mass is 16.5.